The van der Waals surface area contributed by atoms with Crippen LogP contribution in [0.1, 0.15) is 39.1 Å². The molecule has 0 unspecified atom stereocenters. The van der Waals surface area contributed by atoms with Crippen molar-refractivity contribution in [2.75, 3.05) is 34.3 Å². The summed E-state index contributed by atoms with van der Waals surface area (Å²) in [5.74, 6) is -2.09. The highest BCUT2D eigenvalue weighted by Gasteiger charge is 2.47. The summed E-state index contributed by atoms with van der Waals surface area (Å²) >= 11 is 0. The standard InChI is InChI=1S/C21H25N3O6/c1-11-14(12(2)22-16(11)21(28)29-5)18(25)15-17(13-7-6-10-30-13)24(9-8-23(3)4)20(27)19(15)26/h6-7,10,17,22,25H,8-9H2,1-5H3/t17-/m1/s1. The van der Waals surface area contributed by atoms with Crippen molar-refractivity contribution in [3.8, 4) is 0 Å². The number of nitrogens with one attached hydrogen (secondary N) is 1. The van der Waals surface area contributed by atoms with Gasteiger partial charge in [0.05, 0.1) is 18.9 Å². The van der Waals surface area contributed by atoms with Crippen molar-refractivity contribution in [3.63, 3.8) is 0 Å². The van der Waals surface area contributed by atoms with Gasteiger partial charge < -0.3 is 29.0 Å². The van der Waals surface area contributed by atoms with E-state index < -0.39 is 23.7 Å². The molecule has 0 aromatic carbocycles. The minimum atomic E-state index is -0.866. The lowest BCUT2D eigenvalue weighted by molar-refractivity contribution is -0.140. The van der Waals surface area contributed by atoms with E-state index in [9.17, 15) is 19.5 Å². The van der Waals surface area contributed by atoms with Gasteiger partial charge in [-0.05, 0) is 45.6 Å². The first kappa shape index (κ1) is 21.4. The summed E-state index contributed by atoms with van der Waals surface area (Å²) in [5.41, 5.74) is 1.29. The van der Waals surface area contributed by atoms with Gasteiger partial charge in [-0.2, -0.15) is 0 Å². The summed E-state index contributed by atoms with van der Waals surface area (Å²) in [6, 6.07) is 2.45. The van der Waals surface area contributed by atoms with Crippen LogP contribution in [-0.4, -0.2) is 71.8 Å². The van der Waals surface area contributed by atoms with E-state index in [4.69, 9.17) is 9.15 Å². The zero-order valence-electron chi connectivity index (χ0n) is 17.6. The molecule has 1 amide bonds. The number of rotatable bonds is 6. The largest absolute Gasteiger partial charge is 0.507 e. The van der Waals surface area contributed by atoms with E-state index in [1.165, 1.54) is 18.3 Å². The van der Waals surface area contributed by atoms with Crippen molar-refractivity contribution in [1.29, 1.82) is 0 Å². The number of amides is 1. The number of methoxy groups -OCH3 is 1. The highest BCUT2D eigenvalue weighted by molar-refractivity contribution is 6.46. The van der Waals surface area contributed by atoms with E-state index in [2.05, 4.69) is 4.98 Å². The molecule has 1 atom stereocenters. The number of aliphatic hydroxyl groups excluding tert-OH is 1. The number of carbonyl (C=O) groups is 3. The first-order chi connectivity index (χ1) is 14.2. The van der Waals surface area contributed by atoms with Crippen molar-refractivity contribution < 1.29 is 28.6 Å². The lowest BCUT2D eigenvalue weighted by atomic mass is 9.97. The molecule has 0 spiro atoms. The Balaban J connectivity index is 2.18. The molecular formula is C21H25N3O6. The Morgan fingerprint density at radius 1 is 1.33 bits per heavy atom. The fourth-order valence-electron chi connectivity index (χ4n) is 3.71. The summed E-state index contributed by atoms with van der Waals surface area (Å²) in [7, 11) is 4.98. The molecule has 0 bridgehead atoms. The Hall–Kier alpha value is -3.33. The van der Waals surface area contributed by atoms with Gasteiger partial charge in [0.1, 0.15) is 23.3 Å². The topological polar surface area (TPSA) is 116 Å². The average molecular weight is 415 g/mol. The molecule has 2 aromatic rings. The second-order valence-electron chi connectivity index (χ2n) is 7.43. The molecule has 30 heavy (non-hydrogen) atoms. The molecule has 0 saturated carbocycles. The van der Waals surface area contributed by atoms with Gasteiger partial charge in [-0.15, -0.1) is 0 Å². The predicted molar refractivity (Wildman–Crippen MR) is 108 cm³/mol. The second-order valence-corrected chi connectivity index (χ2v) is 7.43. The summed E-state index contributed by atoms with van der Waals surface area (Å²) < 4.78 is 10.3. The number of Topliss-reactive ketones (excluding diaryl/α,β-unsaturated/α-hetero) is 1. The molecule has 1 aliphatic rings. The predicted octanol–water partition coefficient (Wildman–Crippen LogP) is 1.99. The third-order valence-corrected chi connectivity index (χ3v) is 5.20. The summed E-state index contributed by atoms with van der Waals surface area (Å²) in [6.07, 6.45) is 1.45. The summed E-state index contributed by atoms with van der Waals surface area (Å²) in [5, 5.41) is 11.2. The number of aromatic nitrogens is 1. The number of carbonyl (C=O) groups excluding carboxylic acids is 3. The minimum Gasteiger partial charge on any atom is -0.507 e. The Morgan fingerprint density at radius 2 is 2.03 bits per heavy atom. The molecule has 0 radical (unpaired) electrons. The number of ether oxygens (including phenoxy) is 1. The second kappa shape index (κ2) is 8.19. The minimum absolute atomic E-state index is 0.0738. The number of nitrogens with zero attached hydrogens (tertiary/aromatic N) is 2. The lowest BCUT2D eigenvalue weighted by Gasteiger charge is -2.24. The molecule has 3 heterocycles. The number of aliphatic hydroxyl groups is 1. The van der Waals surface area contributed by atoms with Gasteiger partial charge in [0.25, 0.3) is 11.7 Å². The molecular weight excluding hydrogens is 390 g/mol. The zero-order valence-corrected chi connectivity index (χ0v) is 17.6. The molecule has 2 N–H and O–H groups in total. The molecule has 9 nitrogen and oxygen atoms in total. The van der Waals surface area contributed by atoms with Crippen molar-refractivity contribution >= 4 is 23.4 Å². The maximum absolute atomic E-state index is 12.9. The van der Waals surface area contributed by atoms with Gasteiger partial charge in [-0.1, -0.05) is 0 Å². The number of likely N-dealkylation sites (N-methyl/N-ethyl adjacent to an activating group) is 1. The maximum atomic E-state index is 12.9. The van der Waals surface area contributed by atoms with Crippen LogP contribution in [-0.2, 0) is 14.3 Å². The van der Waals surface area contributed by atoms with Gasteiger partial charge >= 0.3 is 5.97 Å². The van der Waals surface area contributed by atoms with Crippen molar-refractivity contribution in [2.45, 2.75) is 19.9 Å². The SMILES string of the molecule is COC(=O)c1[nH]c(C)c(C(O)=C2C(=O)C(=O)N(CCN(C)C)[C@@H]2c2ccco2)c1C. The molecule has 0 aliphatic carbocycles. The third-order valence-electron chi connectivity index (χ3n) is 5.20. The maximum Gasteiger partial charge on any atom is 0.354 e. The Labute approximate surface area is 173 Å². The Bertz CT molecular complexity index is 1020. The van der Waals surface area contributed by atoms with Crippen LogP contribution in [0.25, 0.3) is 5.76 Å². The highest BCUT2D eigenvalue weighted by Crippen LogP contribution is 2.40. The monoisotopic (exact) mass is 415 g/mol. The number of hydrogen-bond acceptors (Lipinski definition) is 7. The number of ketones is 1. The van der Waals surface area contributed by atoms with Crippen LogP contribution in [0.15, 0.2) is 28.4 Å². The number of hydrogen-bond donors (Lipinski definition) is 2. The van der Waals surface area contributed by atoms with Crippen molar-refractivity contribution in [2.24, 2.45) is 0 Å². The summed E-state index contributed by atoms with van der Waals surface area (Å²) in [6.45, 7) is 4.10. The molecule has 9 heteroatoms. The number of esters is 1. The average Bonchev–Trinajstić information content (AvgIpc) is 3.38. The van der Waals surface area contributed by atoms with Crippen molar-refractivity contribution in [1.82, 2.24) is 14.8 Å². The summed E-state index contributed by atoms with van der Waals surface area (Å²) in [4.78, 5) is 43.9. The fraction of sp³-hybridized carbons (Fsp3) is 0.381. The number of aryl methyl sites for hydroxylation is 1. The van der Waals surface area contributed by atoms with Crippen LogP contribution in [0.4, 0.5) is 0 Å². The zero-order chi connectivity index (χ0) is 22.2. The van der Waals surface area contributed by atoms with Crippen LogP contribution >= 0.6 is 0 Å². The first-order valence-corrected chi connectivity index (χ1v) is 9.43. The normalized spacial score (nSPS) is 18.5. The Kier molecular flexibility index (Phi) is 5.84. The van der Waals surface area contributed by atoms with Crippen LogP contribution in [0.3, 0.4) is 0 Å². The van der Waals surface area contributed by atoms with E-state index in [1.54, 1.807) is 26.0 Å². The van der Waals surface area contributed by atoms with E-state index in [0.29, 0.717) is 23.6 Å². The van der Waals surface area contributed by atoms with Crippen LogP contribution in [0, 0.1) is 13.8 Å². The first-order valence-electron chi connectivity index (χ1n) is 9.43. The highest BCUT2D eigenvalue weighted by atomic mass is 16.5. The van der Waals surface area contributed by atoms with Gasteiger partial charge in [0.15, 0.2) is 0 Å². The van der Waals surface area contributed by atoms with Crippen LogP contribution in [0.2, 0.25) is 0 Å². The van der Waals surface area contributed by atoms with Gasteiger partial charge in [0.2, 0.25) is 0 Å². The molecule has 1 aliphatic heterocycles. The lowest BCUT2D eigenvalue weighted by Crippen LogP contribution is -2.35. The number of furan rings is 1. The Morgan fingerprint density at radius 3 is 2.60 bits per heavy atom. The van der Waals surface area contributed by atoms with Crippen molar-refractivity contribution in [3.05, 3.63) is 52.2 Å². The van der Waals surface area contributed by atoms with E-state index in [-0.39, 0.29) is 29.1 Å². The smallest absolute Gasteiger partial charge is 0.354 e. The molecule has 160 valence electrons. The number of likely N-dealkylation sites (tertiary alicyclic amines) is 1. The van der Waals surface area contributed by atoms with Gasteiger partial charge in [-0.3, -0.25) is 9.59 Å². The van der Waals surface area contributed by atoms with E-state index in [0.717, 1.165) is 0 Å². The third kappa shape index (κ3) is 3.52. The molecule has 3 rings (SSSR count). The molecule has 2 aromatic heterocycles. The van der Waals surface area contributed by atoms with Crippen LogP contribution < -0.4 is 0 Å². The van der Waals surface area contributed by atoms with E-state index >= 15 is 0 Å². The van der Waals surface area contributed by atoms with Gasteiger partial charge in [0, 0.05) is 24.3 Å². The van der Waals surface area contributed by atoms with E-state index in [1.807, 2.05) is 19.0 Å². The van der Waals surface area contributed by atoms with Crippen LogP contribution in [0.5, 0.6) is 0 Å². The number of H-pyrrole nitrogens is 1. The quantitative estimate of drug-likeness (QED) is 0.321. The molecule has 1 fully saturated rings. The molecule has 1 saturated heterocycles. The number of aromatic amines is 1. The van der Waals surface area contributed by atoms with Gasteiger partial charge in [-0.25, -0.2) is 4.79 Å². The fourth-order valence-corrected chi connectivity index (χ4v) is 3.71.